The summed E-state index contributed by atoms with van der Waals surface area (Å²) in [5, 5.41) is 14.6. The largest absolute Gasteiger partial charge is 0.493 e. The molecule has 0 saturated heterocycles. The Kier molecular flexibility index (Phi) is 6.33. The summed E-state index contributed by atoms with van der Waals surface area (Å²) in [6, 6.07) is 11.7. The Morgan fingerprint density at radius 3 is 2.21 bits per heavy atom. The predicted molar refractivity (Wildman–Crippen MR) is 113 cm³/mol. The number of methoxy groups -OCH3 is 3. The molecule has 0 aliphatic heterocycles. The highest BCUT2D eigenvalue weighted by Crippen LogP contribution is 2.40. The molecule has 2 N–H and O–H groups in total. The lowest BCUT2D eigenvalue weighted by atomic mass is 10.0. The molecule has 3 rings (SSSR count). The van der Waals surface area contributed by atoms with Crippen molar-refractivity contribution < 1.29 is 14.2 Å². The van der Waals surface area contributed by atoms with Crippen molar-refractivity contribution in [1.82, 2.24) is 15.2 Å². The number of nitrogens with one attached hydrogen (secondary N) is 2. The van der Waals surface area contributed by atoms with Gasteiger partial charge in [0.15, 0.2) is 17.3 Å². The molecule has 0 atom stereocenters. The Labute approximate surface area is 170 Å². The lowest BCUT2D eigenvalue weighted by Gasteiger charge is -2.15. The zero-order valence-corrected chi connectivity index (χ0v) is 17.2. The van der Waals surface area contributed by atoms with Gasteiger partial charge >= 0.3 is 0 Å². The number of aromatic nitrogens is 3. The van der Waals surface area contributed by atoms with E-state index in [2.05, 4.69) is 45.7 Å². The SMILES string of the molecule is COc1cc(Nc2nncc(Nc3ccccc3C(C)C)n2)cc(OC)c1OC. The van der Waals surface area contributed by atoms with Crippen molar-refractivity contribution >= 4 is 23.1 Å². The maximum absolute atomic E-state index is 5.38. The fraction of sp³-hybridized carbons (Fsp3) is 0.286. The van der Waals surface area contributed by atoms with E-state index in [1.807, 2.05) is 18.2 Å². The molecule has 2 aromatic carbocycles. The van der Waals surface area contributed by atoms with Gasteiger partial charge in [0.1, 0.15) is 0 Å². The Balaban J connectivity index is 1.86. The van der Waals surface area contributed by atoms with Gasteiger partial charge in [-0.1, -0.05) is 32.0 Å². The van der Waals surface area contributed by atoms with Crippen LogP contribution in [0.1, 0.15) is 25.3 Å². The van der Waals surface area contributed by atoms with Crippen molar-refractivity contribution in [3.63, 3.8) is 0 Å². The lowest BCUT2D eigenvalue weighted by molar-refractivity contribution is 0.324. The van der Waals surface area contributed by atoms with Crippen molar-refractivity contribution in [2.75, 3.05) is 32.0 Å². The number of hydrogen-bond donors (Lipinski definition) is 2. The second kappa shape index (κ2) is 9.09. The third-order valence-electron chi connectivity index (χ3n) is 4.33. The van der Waals surface area contributed by atoms with Gasteiger partial charge in [0.2, 0.25) is 11.7 Å². The van der Waals surface area contributed by atoms with Gasteiger partial charge in [-0.3, -0.25) is 0 Å². The summed E-state index contributed by atoms with van der Waals surface area (Å²) >= 11 is 0. The number of benzene rings is 2. The van der Waals surface area contributed by atoms with Gasteiger partial charge < -0.3 is 24.8 Å². The van der Waals surface area contributed by atoms with E-state index >= 15 is 0 Å². The van der Waals surface area contributed by atoms with Gasteiger partial charge in [0.25, 0.3) is 0 Å². The van der Waals surface area contributed by atoms with Gasteiger partial charge in [-0.05, 0) is 17.5 Å². The summed E-state index contributed by atoms with van der Waals surface area (Å²) in [7, 11) is 4.69. The second-order valence-corrected chi connectivity index (χ2v) is 6.57. The molecule has 8 nitrogen and oxygen atoms in total. The van der Waals surface area contributed by atoms with Crippen molar-refractivity contribution in [3.8, 4) is 17.2 Å². The van der Waals surface area contributed by atoms with Crippen molar-refractivity contribution in [3.05, 3.63) is 48.2 Å². The minimum Gasteiger partial charge on any atom is -0.493 e. The van der Waals surface area contributed by atoms with Gasteiger partial charge in [-0.25, -0.2) is 0 Å². The lowest BCUT2D eigenvalue weighted by Crippen LogP contribution is -2.04. The molecule has 29 heavy (non-hydrogen) atoms. The zero-order valence-electron chi connectivity index (χ0n) is 17.2. The molecule has 0 aliphatic rings. The second-order valence-electron chi connectivity index (χ2n) is 6.57. The summed E-state index contributed by atoms with van der Waals surface area (Å²) in [5.74, 6) is 2.88. The molecule has 0 unspecified atom stereocenters. The summed E-state index contributed by atoms with van der Waals surface area (Å²) in [4.78, 5) is 4.51. The molecule has 0 radical (unpaired) electrons. The van der Waals surface area contributed by atoms with Crippen LogP contribution in [0.4, 0.5) is 23.1 Å². The van der Waals surface area contributed by atoms with E-state index in [4.69, 9.17) is 14.2 Å². The van der Waals surface area contributed by atoms with E-state index in [9.17, 15) is 0 Å². The normalized spacial score (nSPS) is 10.6. The van der Waals surface area contributed by atoms with Crippen LogP contribution in [0.5, 0.6) is 17.2 Å². The molecule has 152 valence electrons. The molecule has 0 saturated carbocycles. The molecular formula is C21H25N5O3. The van der Waals surface area contributed by atoms with Crippen LogP contribution in [0.2, 0.25) is 0 Å². The number of rotatable bonds is 8. The maximum Gasteiger partial charge on any atom is 0.249 e. The van der Waals surface area contributed by atoms with Gasteiger partial charge in [-0.15, -0.1) is 5.10 Å². The van der Waals surface area contributed by atoms with Crippen molar-refractivity contribution in [2.24, 2.45) is 0 Å². The minimum atomic E-state index is 0.339. The molecule has 8 heteroatoms. The molecule has 3 aromatic rings. The Hall–Kier alpha value is -3.55. The number of hydrogen-bond acceptors (Lipinski definition) is 8. The molecule has 0 amide bonds. The van der Waals surface area contributed by atoms with Crippen molar-refractivity contribution in [2.45, 2.75) is 19.8 Å². The number of anilines is 4. The van der Waals surface area contributed by atoms with Crippen LogP contribution in [0.25, 0.3) is 0 Å². The average molecular weight is 395 g/mol. The molecule has 1 aromatic heterocycles. The third-order valence-corrected chi connectivity index (χ3v) is 4.33. The fourth-order valence-corrected chi connectivity index (χ4v) is 2.95. The maximum atomic E-state index is 5.38. The summed E-state index contributed by atoms with van der Waals surface area (Å²) < 4.78 is 16.1. The molecule has 0 spiro atoms. The fourth-order valence-electron chi connectivity index (χ4n) is 2.95. The zero-order chi connectivity index (χ0) is 20.8. The summed E-state index contributed by atoms with van der Waals surface area (Å²) in [5.41, 5.74) is 2.87. The summed E-state index contributed by atoms with van der Waals surface area (Å²) in [6.45, 7) is 4.30. The number of ether oxygens (including phenoxy) is 3. The van der Waals surface area contributed by atoms with Crippen molar-refractivity contribution in [1.29, 1.82) is 0 Å². The molecule has 0 aliphatic carbocycles. The van der Waals surface area contributed by atoms with Crippen LogP contribution >= 0.6 is 0 Å². The molecule has 0 bridgehead atoms. The van der Waals surface area contributed by atoms with E-state index in [-0.39, 0.29) is 0 Å². The first kappa shape index (κ1) is 20.2. The first-order valence-electron chi connectivity index (χ1n) is 9.18. The van der Waals surface area contributed by atoms with Crippen LogP contribution in [0.3, 0.4) is 0 Å². The molecular weight excluding hydrogens is 370 g/mol. The van der Waals surface area contributed by atoms with Crippen LogP contribution < -0.4 is 24.8 Å². The highest BCUT2D eigenvalue weighted by Gasteiger charge is 2.14. The minimum absolute atomic E-state index is 0.339. The van der Waals surface area contributed by atoms with Crippen LogP contribution in [0, 0.1) is 0 Å². The molecule has 0 fully saturated rings. The Morgan fingerprint density at radius 2 is 1.59 bits per heavy atom. The van der Waals surface area contributed by atoms with Gasteiger partial charge in [0, 0.05) is 23.5 Å². The van der Waals surface area contributed by atoms with E-state index in [1.54, 1.807) is 39.7 Å². The molecule has 1 heterocycles. The number of para-hydroxylation sites is 1. The quantitative estimate of drug-likeness (QED) is 0.576. The summed E-state index contributed by atoms with van der Waals surface area (Å²) in [6.07, 6.45) is 1.58. The van der Waals surface area contributed by atoms with Gasteiger partial charge in [0.05, 0.1) is 27.5 Å². The Morgan fingerprint density at radius 1 is 0.897 bits per heavy atom. The highest BCUT2D eigenvalue weighted by atomic mass is 16.5. The van der Waals surface area contributed by atoms with Crippen LogP contribution in [0.15, 0.2) is 42.6 Å². The van der Waals surface area contributed by atoms with E-state index in [0.29, 0.717) is 40.6 Å². The standard InChI is InChI=1S/C21H25N5O3/c1-13(2)15-8-6-7-9-16(15)24-19-12-22-26-21(25-19)23-14-10-17(27-3)20(29-5)18(11-14)28-4/h6-13H,1-5H3,(H2,23,24,25,26). The van der Waals surface area contributed by atoms with E-state index in [0.717, 1.165) is 5.69 Å². The topological polar surface area (TPSA) is 90.4 Å². The smallest absolute Gasteiger partial charge is 0.249 e. The highest BCUT2D eigenvalue weighted by molar-refractivity contribution is 5.66. The Bertz CT molecular complexity index is 953. The van der Waals surface area contributed by atoms with E-state index in [1.165, 1.54) is 5.56 Å². The predicted octanol–water partition coefficient (Wildman–Crippen LogP) is 4.51. The third kappa shape index (κ3) is 4.66. The monoisotopic (exact) mass is 395 g/mol. The number of nitrogens with zero attached hydrogens (tertiary/aromatic N) is 3. The van der Waals surface area contributed by atoms with Gasteiger partial charge in [-0.2, -0.15) is 10.1 Å². The first-order valence-corrected chi connectivity index (χ1v) is 9.18. The van der Waals surface area contributed by atoms with Crippen LogP contribution in [-0.4, -0.2) is 36.5 Å². The first-order chi connectivity index (χ1) is 14.0. The average Bonchev–Trinajstić information content (AvgIpc) is 2.73. The van der Waals surface area contributed by atoms with Crippen LogP contribution in [-0.2, 0) is 0 Å². The van der Waals surface area contributed by atoms with E-state index < -0.39 is 0 Å².